The van der Waals surface area contributed by atoms with Crippen LogP contribution in [-0.4, -0.2) is 25.7 Å². The molecule has 0 heterocycles. The minimum Gasteiger partial charge on any atom is -0.772 e. The molecule has 0 aromatic rings. The van der Waals surface area contributed by atoms with E-state index in [-0.39, 0.29) is 17.8 Å². The van der Waals surface area contributed by atoms with E-state index < -0.39 is 11.1 Å². The summed E-state index contributed by atoms with van der Waals surface area (Å²) in [6.45, 7) is 2.07. The van der Waals surface area contributed by atoms with Crippen molar-refractivity contribution >= 4 is 11.1 Å². The van der Waals surface area contributed by atoms with E-state index in [1.807, 2.05) is 0 Å². The highest BCUT2D eigenvalue weighted by Crippen LogP contribution is 2.35. The minimum absolute atomic E-state index is 0.00907. The highest BCUT2D eigenvalue weighted by molar-refractivity contribution is 7.79. The summed E-state index contributed by atoms with van der Waals surface area (Å²) in [5, 5.41) is 8.62. The first-order valence-electron chi connectivity index (χ1n) is 4.38. The van der Waals surface area contributed by atoms with Gasteiger partial charge in [-0.15, -0.1) is 0 Å². The first kappa shape index (κ1) is 10.2. The summed E-state index contributed by atoms with van der Waals surface area (Å²) < 4.78 is 21.4. The second kappa shape index (κ2) is 4.35. The summed E-state index contributed by atoms with van der Waals surface area (Å²) in [4.78, 5) is 0. The lowest BCUT2D eigenvalue weighted by Gasteiger charge is -2.19. The normalized spacial score (nSPS) is 38.4. The molecule has 72 valence electrons. The minimum atomic E-state index is -2.00. The summed E-state index contributed by atoms with van der Waals surface area (Å²) in [6, 6.07) is 0. The van der Waals surface area contributed by atoms with Gasteiger partial charge in [0.1, 0.15) is 0 Å². The van der Waals surface area contributed by atoms with Crippen LogP contribution in [-0.2, 0) is 11.1 Å². The van der Waals surface area contributed by atoms with Crippen molar-refractivity contribution < 1.29 is 13.9 Å². The Kier molecular flexibility index (Phi) is 3.68. The van der Waals surface area contributed by atoms with Crippen LogP contribution in [0.15, 0.2) is 0 Å². The molecule has 0 saturated heterocycles. The van der Waals surface area contributed by atoms with Gasteiger partial charge in [0.05, 0.1) is 0 Å². The third-order valence-corrected chi connectivity index (χ3v) is 3.86. The summed E-state index contributed by atoms with van der Waals surface area (Å²) in [7, 11) is 0. The first-order chi connectivity index (χ1) is 5.69. The maximum atomic E-state index is 10.7. The molecule has 0 aromatic carbocycles. The van der Waals surface area contributed by atoms with Crippen molar-refractivity contribution in [1.82, 2.24) is 0 Å². The molecule has 1 saturated carbocycles. The van der Waals surface area contributed by atoms with Crippen LogP contribution in [0, 0.1) is 11.8 Å². The SMILES string of the molecule is CCC1CC(CO)C(S(=O)[O-])C1. The topological polar surface area (TPSA) is 60.4 Å². The van der Waals surface area contributed by atoms with Gasteiger partial charge in [-0.25, -0.2) is 0 Å². The zero-order chi connectivity index (χ0) is 9.14. The quantitative estimate of drug-likeness (QED) is 0.667. The molecule has 4 atom stereocenters. The average molecular weight is 191 g/mol. The van der Waals surface area contributed by atoms with Crippen molar-refractivity contribution in [3.05, 3.63) is 0 Å². The maximum absolute atomic E-state index is 10.7. The molecular weight excluding hydrogens is 176 g/mol. The third-order valence-electron chi connectivity index (χ3n) is 2.79. The summed E-state index contributed by atoms with van der Waals surface area (Å²) in [6.07, 6.45) is 2.62. The molecule has 0 aromatic heterocycles. The molecular formula is C8H15O3S-. The molecule has 1 aliphatic rings. The van der Waals surface area contributed by atoms with Crippen molar-refractivity contribution in [2.24, 2.45) is 11.8 Å². The Bertz CT molecular complexity index is 172. The molecule has 1 N–H and O–H groups in total. The van der Waals surface area contributed by atoms with E-state index in [9.17, 15) is 8.76 Å². The zero-order valence-corrected chi connectivity index (χ0v) is 8.05. The standard InChI is InChI=1S/C8H16O3S/c1-2-6-3-7(5-9)8(4-6)12(10)11/h6-9H,2-5H2,1H3,(H,10,11)/p-1. The Morgan fingerprint density at radius 2 is 2.25 bits per heavy atom. The highest BCUT2D eigenvalue weighted by atomic mass is 32.2. The van der Waals surface area contributed by atoms with Crippen LogP contribution in [0.3, 0.4) is 0 Å². The smallest absolute Gasteiger partial charge is 0.0470 e. The molecule has 1 fully saturated rings. The predicted octanol–water partition coefficient (Wildman–Crippen LogP) is 0.663. The van der Waals surface area contributed by atoms with Gasteiger partial charge in [-0.2, -0.15) is 0 Å². The molecule has 0 amide bonds. The van der Waals surface area contributed by atoms with E-state index in [1.54, 1.807) is 0 Å². The lowest BCUT2D eigenvalue weighted by atomic mass is 10.0. The van der Waals surface area contributed by atoms with Crippen molar-refractivity contribution in [2.45, 2.75) is 31.4 Å². The number of rotatable bonds is 3. The molecule has 1 aliphatic carbocycles. The second-order valence-electron chi connectivity index (χ2n) is 3.49. The van der Waals surface area contributed by atoms with Gasteiger partial charge in [0.15, 0.2) is 0 Å². The van der Waals surface area contributed by atoms with Gasteiger partial charge in [-0.05, 0) is 24.7 Å². The van der Waals surface area contributed by atoms with Crippen LogP contribution in [0.2, 0.25) is 0 Å². The highest BCUT2D eigenvalue weighted by Gasteiger charge is 2.33. The molecule has 0 bridgehead atoms. The largest absolute Gasteiger partial charge is 0.772 e. The fourth-order valence-electron chi connectivity index (χ4n) is 1.96. The fraction of sp³-hybridized carbons (Fsp3) is 1.00. The van der Waals surface area contributed by atoms with E-state index in [0.717, 1.165) is 19.3 Å². The fourth-order valence-corrected chi connectivity index (χ4v) is 2.90. The second-order valence-corrected chi connectivity index (χ2v) is 4.61. The monoisotopic (exact) mass is 191 g/mol. The van der Waals surface area contributed by atoms with E-state index >= 15 is 0 Å². The molecule has 4 heteroatoms. The van der Waals surface area contributed by atoms with E-state index in [4.69, 9.17) is 5.11 Å². The van der Waals surface area contributed by atoms with Gasteiger partial charge in [-0.3, -0.25) is 4.21 Å². The van der Waals surface area contributed by atoms with E-state index in [2.05, 4.69) is 6.92 Å². The predicted molar refractivity (Wildman–Crippen MR) is 46.3 cm³/mol. The van der Waals surface area contributed by atoms with Crippen LogP contribution in [0.5, 0.6) is 0 Å². The summed E-state index contributed by atoms with van der Waals surface area (Å²) >= 11 is -2.00. The Hall–Kier alpha value is 0.0700. The maximum Gasteiger partial charge on any atom is 0.0470 e. The van der Waals surface area contributed by atoms with Gasteiger partial charge in [-0.1, -0.05) is 24.4 Å². The third kappa shape index (κ3) is 2.06. The Balaban J connectivity index is 2.56. The molecule has 0 aliphatic heterocycles. The van der Waals surface area contributed by atoms with Crippen molar-refractivity contribution in [3.8, 4) is 0 Å². The summed E-state index contributed by atoms with van der Waals surface area (Å²) in [5.74, 6) is 0.471. The molecule has 0 spiro atoms. The van der Waals surface area contributed by atoms with Gasteiger partial charge in [0, 0.05) is 11.9 Å². The van der Waals surface area contributed by atoms with E-state index in [1.165, 1.54) is 0 Å². The van der Waals surface area contributed by atoms with Gasteiger partial charge < -0.3 is 9.66 Å². The average Bonchev–Trinajstić information content (AvgIpc) is 2.47. The number of aliphatic hydroxyl groups excluding tert-OH is 1. The van der Waals surface area contributed by atoms with Crippen LogP contribution in [0.1, 0.15) is 26.2 Å². The Morgan fingerprint density at radius 1 is 1.58 bits per heavy atom. The molecule has 12 heavy (non-hydrogen) atoms. The van der Waals surface area contributed by atoms with Crippen LogP contribution >= 0.6 is 0 Å². The Labute approximate surface area is 75.5 Å². The number of hydrogen-bond donors (Lipinski definition) is 1. The van der Waals surface area contributed by atoms with Gasteiger partial charge >= 0.3 is 0 Å². The number of hydrogen-bond acceptors (Lipinski definition) is 3. The molecule has 4 unspecified atom stereocenters. The zero-order valence-electron chi connectivity index (χ0n) is 7.23. The van der Waals surface area contributed by atoms with Crippen molar-refractivity contribution in [2.75, 3.05) is 6.61 Å². The number of aliphatic hydroxyl groups is 1. The van der Waals surface area contributed by atoms with Gasteiger partial charge in [0.25, 0.3) is 0 Å². The molecule has 3 nitrogen and oxygen atoms in total. The molecule has 0 radical (unpaired) electrons. The van der Waals surface area contributed by atoms with Crippen LogP contribution < -0.4 is 0 Å². The van der Waals surface area contributed by atoms with Gasteiger partial charge in [0.2, 0.25) is 0 Å². The lowest BCUT2D eigenvalue weighted by Crippen LogP contribution is -2.22. The van der Waals surface area contributed by atoms with E-state index in [0.29, 0.717) is 5.92 Å². The van der Waals surface area contributed by atoms with Crippen LogP contribution in [0.4, 0.5) is 0 Å². The first-order valence-corrected chi connectivity index (χ1v) is 5.51. The van der Waals surface area contributed by atoms with Crippen LogP contribution in [0.25, 0.3) is 0 Å². The lowest BCUT2D eigenvalue weighted by molar-refractivity contribution is 0.226. The van der Waals surface area contributed by atoms with Crippen molar-refractivity contribution in [3.63, 3.8) is 0 Å². The molecule has 1 rings (SSSR count). The van der Waals surface area contributed by atoms with Crippen molar-refractivity contribution in [1.29, 1.82) is 0 Å². The Morgan fingerprint density at radius 3 is 2.58 bits per heavy atom. The summed E-state index contributed by atoms with van der Waals surface area (Å²) in [5.41, 5.74) is 0.